The van der Waals surface area contributed by atoms with E-state index in [1.165, 1.54) is 42.4 Å². The topological polar surface area (TPSA) is 15.3 Å². The normalized spacial score (nSPS) is 25.9. The lowest BCUT2D eigenvalue weighted by molar-refractivity contribution is 0.321. The van der Waals surface area contributed by atoms with Gasteiger partial charge in [-0.15, -0.1) is 0 Å². The average molecular weight is 311 g/mol. The summed E-state index contributed by atoms with van der Waals surface area (Å²) in [7, 11) is 4.29. The molecule has 1 fully saturated rings. The van der Waals surface area contributed by atoms with E-state index in [1.807, 2.05) is 0 Å². The molecule has 1 aliphatic rings. The average Bonchev–Trinajstić information content (AvgIpc) is 2.54. The lowest BCUT2D eigenvalue weighted by atomic mass is 9.74. The highest BCUT2D eigenvalue weighted by Crippen LogP contribution is 2.38. The van der Waals surface area contributed by atoms with E-state index in [1.54, 1.807) is 0 Å². The van der Waals surface area contributed by atoms with Gasteiger partial charge in [0.25, 0.3) is 0 Å². The Bertz CT molecular complexity index is 394. The summed E-state index contributed by atoms with van der Waals surface area (Å²) in [5.41, 5.74) is 1.74. The molecule has 3 heteroatoms. The Morgan fingerprint density at radius 2 is 2.06 bits per heavy atom. The van der Waals surface area contributed by atoms with Crippen LogP contribution in [0.5, 0.6) is 0 Å². The molecule has 1 unspecified atom stereocenters. The first-order chi connectivity index (χ1) is 8.68. The van der Waals surface area contributed by atoms with Gasteiger partial charge in [-0.2, -0.15) is 0 Å². The maximum atomic E-state index is 3.74. The van der Waals surface area contributed by atoms with E-state index < -0.39 is 0 Å². The van der Waals surface area contributed by atoms with Crippen LogP contribution in [-0.2, 0) is 5.41 Å². The third kappa shape index (κ3) is 2.95. The van der Waals surface area contributed by atoms with Crippen LogP contribution in [0.15, 0.2) is 28.7 Å². The van der Waals surface area contributed by atoms with Gasteiger partial charge in [0.15, 0.2) is 0 Å². The SMILES string of the molecule is CNCC1(c2ccccc2Br)CCCN(C)CC1. The van der Waals surface area contributed by atoms with Gasteiger partial charge >= 0.3 is 0 Å². The summed E-state index contributed by atoms with van der Waals surface area (Å²) in [4.78, 5) is 2.45. The number of nitrogens with zero attached hydrogens (tertiary/aromatic N) is 1. The minimum Gasteiger partial charge on any atom is -0.319 e. The molecule has 1 aromatic rings. The molecule has 0 amide bonds. The van der Waals surface area contributed by atoms with Crippen LogP contribution in [-0.4, -0.2) is 38.6 Å². The summed E-state index contributed by atoms with van der Waals surface area (Å²) >= 11 is 3.74. The van der Waals surface area contributed by atoms with Gasteiger partial charge in [-0.1, -0.05) is 34.1 Å². The lowest BCUT2D eigenvalue weighted by Gasteiger charge is -2.34. The zero-order valence-corrected chi connectivity index (χ0v) is 13.0. The van der Waals surface area contributed by atoms with Crippen LogP contribution in [0.1, 0.15) is 24.8 Å². The van der Waals surface area contributed by atoms with Gasteiger partial charge < -0.3 is 10.2 Å². The van der Waals surface area contributed by atoms with Gasteiger partial charge in [0.1, 0.15) is 0 Å². The number of benzene rings is 1. The van der Waals surface area contributed by atoms with Crippen molar-refractivity contribution in [2.75, 3.05) is 33.7 Å². The monoisotopic (exact) mass is 310 g/mol. The van der Waals surface area contributed by atoms with Gasteiger partial charge in [0.2, 0.25) is 0 Å². The number of halogens is 1. The van der Waals surface area contributed by atoms with Gasteiger partial charge in [0.05, 0.1) is 0 Å². The van der Waals surface area contributed by atoms with Crippen molar-refractivity contribution in [2.45, 2.75) is 24.7 Å². The van der Waals surface area contributed by atoms with Crippen LogP contribution < -0.4 is 5.32 Å². The van der Waals surface area contributed by atoms with E-state index in [0.717, 1.165) is 6.54 Å². The Kier molecular flexibility index (Phi) is 4.82. The summed E-state index contributed by atoms with van der Waals surface area (Å²) in [5, 5.41) is 3.41. The molecule has 0 aromatic heterocycles. The summed E-state index contributed by atoms with van der Waals surface area (Å²) < 4.78 is 1.25. The third-order valence-electron chi connectivity index (χ3n) is 4.13. The first-order valence-corrected chi connectivity index (χ1v) is 7.55. The van der Waals surface area contributed by atoms with Gasteiger partial charge in [0, 0.05) is 16.4 Å². The van der Waals surface area contributed by atoms with Crippen LogP contribution in [0.2, 0.25) is 0 Å². The quantitative estimate of drug-likeness (QED) is 0.923. The van der Waals surface area contributed by atoms with E-state index in [9.17, 15) is 0 Å². The van der Waals surface area contributed by atoms with E-state index in [-0.39, 0.29) is 5.41 Å². The van der Waals surface area contributed by atoms with E-state index >= 15 is 0 Å². The zero-order chi connectivity index (χ0) is 13.0. The molecule has 1 saturated heterocycles. The summed E-state index contributed by atoms with van der Waals surface area (Å²) in [6.07, 6.45) is 3.77. The number of likely N-dealkylation sites (N-methyl/N-ethyl adjacent to an activating group) is 1. The Balaban J connectivity index is 2.34. The second-order valence-corrected chi connectivity index (χ2v) is 6.30. The molecule has 18 heavy (non-hydrogen) atoms. The van der Waals surface area contributed by atoms with Crippen molar-refractivity contribution >= 4 is 15.9 Å². The van der Waals surface area contributed by atoms with E-state index in [2.05, 4.69) is 64.5 Å². The van der Waals surface area contributed by atoms with Crippen LogP contribution >= 0.6 is 15.9 Å². The molecular weight excluding hydrogens is 288 g/mol. The molecule has 0 saturated carbocycles. The standard InChI is InChI=1S/C15H23BrN2/c1-17-12-15(8-5-10-18(2)11-9-15)13-6-3-4-7-14(13)16/h3-4,6-7,17H,5,8-12H2,1-2H3. The highest BCUT2D eigenvalue weighted by Gasteiger charge is 2.34. The maximum absolute atomic E-state index is 3.74. The molecule has 0 spiro atoms. The number of nitrogens with one attached hydrogen (secondary N) is 1. The molecule has 0 aliphatic carbocycles. The predicted molar refractivity (Wildman–Crippen MR) is 81.1 cm³/mol. The minimum atomic E-state index is 0.277. The smallest absolute Gasteiger partial charge is 0.0213 e. The zero-order valence-electron chi connectivity index (χ0n) is 11.4. The molecule has 1 atom stereocenters. The molecule has 1 heterocycles. The molecule has 2 rings (SSSR count). The van der Waals surface area contributed by atoms with Crippen molar-refractivity contribution in [1.29, 1.82) is 0 Å². The van der Waals surface area contributed by atoms with Crippen molar-refractivity contribution in [3.63, 3.8) is 0 Å². The number of rotatable bonds is 3. The Morgan fingerprint density at radius 1 is 1.28 bits per heavy atom. The number of hydrogen-bond donors (Lipinski definition) is 1. The van der Waals surface area contributed by atoms with Crippen LogP contribution in [0.3, 0.4) is 0 Å². The summed E-state index contributed by atoms with van der Waals surface area (Å²) in [5.74, 6) is 0. The van der Waals surface area contributed by atoms with Crippen LogP contribution in [0.4, 0.5) is 0 Å². The molecule has 2 nitrogen and oxygen atoms in total. The van der Waals surface area contributed by atoms with Crippen LogP contribution in [0.25, 0.3) is 0 Å². The Morgan fingerprint density at radius 3 is 2.78 bits per heavy atom. The van der Waals surface area contributed by atoms with E-state index in [4.69, 9.17) is 0 Å². The fourth-order valence-corrected chi connectivity index (χ4v) is 3.81. The highest BCUT2D eigenvalue weighted by molar-refractivity contribution is 9.10. The first-order valence-electron chi connectivity index (χ1n) is 6.76. The second kappa shape index (κ2) is 6.18. The molecular formula is C15H23BrN2. The molecule has 1 N–H and O–H groups in total. The Labute approximate surface area is 119 Å². The summed E-state index contributed by atoms with van der Waals surface area (Å²) in [6, 6.07) is 8.71. The minimum absolute atomic E-state index is 0.277. The fourth-order valence-electron chi connectivity index (χ4n) is 3.10. The highest BCUT2D eigenvalue weighted by atomic mass is 79.9. The second-order valence-electron chi connectivity index (χ2n) is 5.45. The third-order valence-corrected chi connectivity index (χ3v) is 4.82. The van der Waals surface area contributed by atoms with Crippen molar-refractivity contribution in [2.24, 2.45) is 0 Å². The molecule has 0 radical (unpaired) electrons. The molecule has 0 bridgehead atoms. The van der Waals surface area contributed by atoms with Crippen molar-refractivity contribution < 1.29 is 0 Å². The van der Waals surface area contributed by atoms with Crippen molar-refractivity contribution in [3.05, 3.63) is 34.3 Å². The van der Waals surface area contributed by atoms with Gasteiger partial charge in [-0.25, -0.2) is 0 Å². The largest absolute Gasteiger partial charge is 0.319 e. The number of hydrogen-bond acceptors (Lipinski definition) is 2. The van der Waals surface area contributed by atoms with Gasteiger partial charge in [-0.05, 0) is 58.1 Å². The van der Waals surface area contributed by atoms with Crippen molar-refractivity contribution in [1.82, 2.24) is 10.2 Å². The van der Waals surface area contributed by atoms with Crippen LogP contribution in [0, 0.1) is 0 Å². The first kappa shape index (κ1) is 14.0. The fraction of sp³-hybridized carbons (Fsp3) is 0.600. The predicted octanol–water partition coefficient (Wildman–Crippen LogP) is 3.02. The summed E-state index contributed by atoms with van der Waals surface area (Å²) in [6.45, 7) is 3.46. The van der Waals surface area contributed by atoms with E-state index in [0.29, 0.717) is 0 Å². The van der Waals surface area contributed by atoms with Gasteiger partial charge in [-0.3, -0.25) is 0 Å². The van der Waals surface area contributed by atoms with Crippen molar-refractivity contribution in [3.8, 4) is 0 Å². The Hall–Kier alpha value is -0.380. The lowest BCUT2D eigenvalue weighted by Crippen LogP contribution is -2.38. The molecule has 1 aliphatic heterocycles. The number of likely N-dealkylation sites (tertiary alicyclic amines) is 1. The molecule has 1 aromatic carbocycles. The maximum Gasteiger partial charge on any atom is 0.0213 e. The molecule has 100 valence electrons.